The van der Waals surface area contributed by atoms with Gasteiger partial charge in [0.2, 0.25) is 15.9 Å². The van der Waals surface area contributed by atoms with Gasteiger partial charge in [0.05, 0.1) is 5.75 Å². The molecular formula is C12H24N2O5S2. The van der Waals surface area contributed by atoms with Crippen LogP contribution in [0.5, 0.6) is 0 Å². The van der Waals surface area contributed by atoms with E-state index in [1.54, 1.807) is 0 Å². The molecule has 0 aliphatic carbocycles. The van der Waals surface area contributed by atoms with Gasteiger partial charge in [-0.3, -0.25) is 4.79 Å². The van der Waals surface area contributed by atoms with E-state index in [-0.39, 0.29) is 5.75 Å². The molecule has 0 spiro atoms. The van der Waals surface area contributed by atoms with Crippen LogP contribution in [-0.4, -0.2) is 55.2 Å². The Balaban J connectivity index is 4.88. The van der Waals surface area contributed by atoms with Crippen LogP contribution in [0.25, 0.3) is 0 Å². The van der Waals surface area contributed by atoms with Crippen molar-refractivity contribution >= 4 is 33.7 Å². The Labute approximate surface area is 130 Å². The van der Waals surface area contributed by atoms with Crippen molar-refractivity contribution in [1.29, 1.82) is 0 Å². The van der Waals surface area contributed by atoms with Crippen molar-refractivity contribution < 1.29 is 23.1 Å². The summed E-state index contributed by atoms with van der Waals surface area (Å²) in [5.74, 6) is -1.25. The van der Waals surface area contributed by atoms with Crippen molar-refractivity contribution in [2.24, 2.45) is 0 Å². The minimum absolute atomic E-state index is 0.132. The summed E-state index contributed by atoms with van der Waals surface area (Å²) in [6, 6.07) is -1.94. The van der Waals surface area contributed by atoms with Gasteiger partial charge in [-0.25, -0.2) is 17.9 Å². The van der Waals surface area contributed by atoms with Gasteiger partial charge in [-0.05, 0) is 31.8 Å². The average Bonchev–Trinajstić information content (AvgIpc) is 2.42. The molecule has 0 aromatic rings. The number of aliphatic carboxylic acids is 1. The van der Waals surface area contributed by atoms with Gasteiger partial charge in [0.15, 0.2) is 0 Å². The first-order chi connectivity index (χ1) is 9.77. The molecule has 21 heavy (non-hydrogen) atoms. The van der Waals surface area contributed by atoms with Crippen LogP contribution in [0.2, 0.25) is 0 Å². The maximum Gasteiger partial charge on any atom is 0.326 e. The third-order valence-electron chi connectivity index (χ3n) is 2.82. The summed E-state index contributed by atoms with van der Waals surface area (Å²) in [6.45, 7) is 3.29. The molecule has 0 fully saturated rings. The van der Waals surface area contributed by atoms with Crippen LogP contribution in [0.15, 0.2) is 0 Å². The Hall–Kier alpha value is -0.800. The number of nitrogens with one attached hydrogen (secondary N) is 2. The molecule has 0 saturated heterocycles. The van der Waals surface area contributed by atoms with E-state index in [2.05, 4.69) is 10.0 Å². The molecule has 2 atom stereocenters. The number of carbonyl (C=O) groups is 2. The van der Waals surface area contributed by atoms with Gasteiger partial charge in [-0.2, -0.15) is 11.8 Å². The maximum absolute atomic E-state index is 12.1. The van der Waals surface area contributed by atoms with Crippen molar-refractivity contribution in [3.8, 4) is 0 Å². The van der Waals surface area contributed by atoms with Crippen LogP contribution in [-0.2, 0) is 19.6 Å². The summed E-state index contributed by atoms with van der Waals surface area (Å²) in [7, 11) is -3.53. The topological polar surface area (TPSA) is 113 Å². The van der Waals surface area contributed by atoms with Crippen molar-refractivity contribution in [2.75, 3.05) is 17.8 Å². The number of carbonyl (C=O) groups excluding carboxylic acids is 1. The van der Waals surface area contributed by atoms with Crippen LogP contribution in [0.1, 0.15) is 33.1 Å². The van der Waals surface area contributed by atoms with Gasteiger partial charge in [-0.1, -0.05) is 13.3 Å². The maximum atomic E-state index is 12.1. The molecular weight excluding hydrogens is 316 g/mol. The average molecular weight is 340 g/mol. The lowest BCUT2D eigenvalue weighted by Gasteiger charge is -2.20. The summed E-state index contributed by atoms with van der Waals surface area (Å²) in [4.78, 5) is 23.2. The summed E-state index contributed by atoms with van der Waals surface area (Å²) in [6.07, 6.45) is 3.06. The Kier molecular flexibility index (Phi) is 9.63. The summed E-state index contributed by atoms with van der Waals surface area (Å²) < 4.78 is 25.5. The van der Waals surface area contributed by atoms with Crippen LogP contribution >= 0.6 is 11.8 Å². The molecule has 0 bridgehead atoms. The molecule has 0 saturated carbocycles. The highest BCUT2D eigenvalue weighted by Crippen LogP contribution is 2.05. The molecule has 3 N–H and O–H groups in total. The molecule has 0 rings (SSSR count). The van der Waals surface area contributed by atoms with E-state index in [1.165, 1.54) is 18.7 Å². The quantitative estimate of drug-likeness (QED) is 0.502. The zero-order chi connectivity index (χ0) is 16.5. The molecule has 124 valence electrons. The molecule has 7 nitrogen and oxygen atoms in total. The SMILES string of the molecule is CCCC(NC(=O)C(CCSC)NS(=O)(=O)CC)C(=O)O. The molecule has 0 aliphatic heterocycles. The van der Waals surface area contributed by atoms with E-state index in [9.17, 15) is 18.0 Å². The van der Waals surface area contributed by atoms with E-state index in [0.717, 1.165) is 0 Å². The standard InChI is InChI=1S/C12H24N2O5S2/c1-4-6-10(12(16)17)13-11(15)9(7-8-20-3)14-21(18,19)5-2/h9-10,14H,4-8H2,1-3H3,(H,13,15)(H,16,17). The molecule has 0 aromatic carbocycles. The fourth-order valence-electron chi connectivity index (χ4n) is 1.60. The predicted molar refractivity (Wildman–Crippen MR) is 83.9 cm³/mol. The van der Waals surface area contributed by atoms with Crippen LogP contribution < -0.4 is 10.0 Å². The Morgan fingerprint density at radius 3 is 2.24 bits per heavy atom. The van der Waals surface area contributed by atoms with Crippen LogP contribution in [0.3, 0.4) is 0 Å². The van der Waals surface area contributed by atoms with Crippen molar-refractivity contribution in [3.05, 3.63) is 0 Å². The third kappa shape index (κ3) is 8.27. The second-order valence-electron chi connectivity index (χ2n) is 4.54. The molecule has 0 aromatic heterocycles. The Morgan fingerprint density at radius 2 is 1.81 bits per heavy atom. The van der Waals surface area contributed by atoms with Gasteiger partial charge >= 0.3 is 5.97 Å². The Morgan fingerprint density at radius 1 is 1.19 bits per heavy atom. The summed E-state index contributed by atoms with van der Waals surface area (Å²) >= 11 is 1.49. The second-order valence-corrected chi connectivity index (χ2v) is 7.57. The largest absolute Gasteiger partial charge is 0.480 e. The smallest absolute Gasteiger partial charge is 0.326 e. The number of rotatable bonds is 11. The number of carboxylic acids is 1. The fourth-order valence-corrected chi connectivity index (χ4v) is 2.89. The zero-order valence-corrected chi connectivity index (χ0v) is 14.2. The van der Waals surface area contributed by atoms with Crippen LogP contribution in [0, 0.1) is 0 Å². The minimum atomic E-state index is -3.53. The molecule has 0 heterocycles. The second kappa shape index (κ2) is 10.0. The van der Waals surface area contributed by atoms with Crippen LogP contribution in [0.4, 0.5) is 0 Å². The van der Waals surface area contributed by atoms with Crippen molar-refractivity contribution in [1.82, 2.24) is 10.0 Å². The zero-order valence-electron chi connectivity index (χ0n) is 12.6. The van der Waals surface area contributed by atoms with Gasteiger partial charge in [0, 0.05) is 0 Å². The molecule has 0 aliphatic rings. The van der Waals surface area contributed by atoms with Gasteiger partial charge in [-0.15, -0.1) is 0 Å². The highest BCUT2D eigenvalue weighted by atomic mass is 32.2. The number of carboxylic acid groups (broad SMARTS) is 1. The number of hydrogen-bond acceptors (Lipinski definition) is 5. The van der Waals surface area contributed by atoms with Crippen molar-refractivity contribution in [2.45, 2.75) is 45.2 Å². The first-order valence-corrected chi connectivity index (χ1v) is 9.84. The number of amides is 1. The number of sulfonamides is 1. The van der Waals surface area contributed by atoms with Crippen molar-refractivity contribution in [3.63, 3.8) is 0 Å². The van der Waals surface area contributed by atoms with Gasteiger partial charge in [0.1, 0.15) is 12.1 Å². The molecule has 1 amide bonds. The lowest BCUT2D eigenvalue weighted by Crippen LogP contribution is -2.52. The van der Waals surface area contributed by atoms with E-state index >= 15 is 0 Å². The Bertz CT molecular complexity index is 439. The molecule has 2 unspecified atom stereocenters. The molecule has 9 heteroatoms. The van der Waals surface area contributed by atoms with Gasteiger partial charge < -0.3 is 10.4 Å². The number of hydrogen-bond donors (Lipinski definition) is 3. The normalized spacial score (nSPS) is 14.4. The summed E-state index contributed by atoms with van der Waals surface area (Å²) in [5, 5.41) is 11.4. The lowest BCUT2D eigenvalue weighted by molar-refractivity contribution is -0.142. The van der Waals surface area contributed by atoms with E-state index in [1.807, 2.05) is 13.2 Å². The first-order valence-electron chi connectivity index (χ1n) is 6.79. The van der Waals surface area contributed by atoms with E-state index in [4.69, 9.17) is 5.11 Å². The highest BCUT2D eigenvalue weighted by Gasteiger charge is 2.27. The lowest BCUT2D eigenvalue weighted by atomic mass is 10.1. The predicted octanol–water partition coefficient (Wildman–Crippen LogP) is 0.417. The van der Waals surface area contributed by atoms with E-state index < -0.39 is 34.0 Å². The summed E-state index contributed by atoms with van der Waals surface area (Å²) in [5.41, 5.74) is 0. The molecule has 0 radical (unpaired) electrons. The monoisotopic (exact) mass is 340 g/mol. The highest BCUT2D eigenvalue weighted by molar-refractivity contribution is 7.98. The first kappa shape index (κ1) is 20.2. The number of thioether (sulfide) groups is 1. The third-order valence-corrected chi connectivity index (χ3v) is 4.87. The van der Waals surface area contributed by atoms with Gasteiger partial charge in [0.25, 0.3) is 0 Å². The fraction of sp³-hybridized carbons (Fsp3) is 0.833. The van der Waals surface area contributed by atoms with E-state index in [0.29, 0.717) is 25.0 Å². The minimum Gasteiger partial charge on any atom is -0.480 e.